The smallest absolute Gasteiger partial charge is 0.0279 e. The van der Waals surface area contributed by atoms with Crippen LogP contribution in [0, 0.1) is 6.08 Å². The van der Waals surface area contributed by atoms with Gasteiger partial charge < -0.3 is 0 Å². The molecule has 0 aliphatic rings. The lowest BCUT2D eigenvalue weighted by Crippen LogP contribution is -1.77. The Balaban J connectivity index is 2.97. The summed E-state index contributed by atoms with van der Waals surface area (Å²) in [6.07, 6.45) is 20.5. The molecule has 0 amide bonds. The van der Waals surface area contributed by atoms with Gasteiger partial charge in [-0.2, -0.15) is 0 Å². The van der Waals surface area contributed by atoms with E-state index in [1.807, 2.05) is 0 Å². The summed E-state index contributed by atoms with van der Waals surface area (Å²) in [5.41, 5.74) is 0. The normalized spacial score (nSPS) is 11.3. The third kappa shape index (κ3) is 13.7. The number of allylic oxidation sites excluding steroid dienone is 2. The average Bonchev–Trinajstić information content (AvgIpc) is 2.26. The molecule has 1 radical (unpaired) electrons. The maximum atomic E-state index is 3.41. The van der Waals surface area contributed by atoms with E-state index in [4.69, 9.17) is 0 Å². The number of hydrogen-bond acceptors (Lipinski definition) is 0. The molecular formula is C15H29. The molecule has 15 heavy (non-hydrogen) atoms. The van der Waals surface area contributed by atoms with E-state index in [0.29, 0.717) is 0 Å². The van der Waals surface area contributed by atoms with E-state index in [9.17, 15) is 0 Å². The summed E-state index contributed by atoms with van der Waals surface area (Å²) in [5, 5.41) is 0. The van der Waals surface area contributed by atoms with Crippen LogP contribution in [0.3, 0.4) is 0 Å². The Bertz CT molecular complexity index is 124. The second-order valence-electron chi connectivity index (χ2n) is 4.42. The highest BCUT2D eigenvalue weighted by Gasteiger charge is 1.87. The van der Waals surface area contributed by atoms with Crippen molar-refractivity contribution >= 4 is 0 Å². The van der Waals surface area contributed by atoms with Crippen LogP contribution < -0.4 is 0 Å². The van der Waals surface area contributed by atoms with Crippen molar-refractivity contribution in [3.63, 3.8) is 0 Å². The van der Waals surface area contributed by atoms with Gasteiger partial charge in [-0.25, -0.2) is 0 Å². The van der Waals surface area contributed by atoms with Gasteiger partial charge in [0.15, 0.2) is 0 Å². The highest BCUT2D eigenvalue weighted by Crippen LogP contribution is 2.06. The number of rotatable bonds is 11. The van der Waals surface area contributed by atoms with E-state index in [1.165, 1.54) is 70.6 Å². The van der Waals surface area contributed by atoms with Gasteiger partial charge in [0.05, 0.1) is 0 Å². The molecule has 0 aliphatic heterocycles. The summed E-state index contributed by atoms with van der Waals surface area (Å²) in [4.78, 5) is 0. The van der Waals surface area contributed by atoms with Crippen LogP contribution in [-0.4, -0.2) is 0 Å². The largest absolute Gasteiger partial charge is 0.0811 e. The highest BCUT2D eigenvalue weighted by atomic mass is 13.9. The molecule has 89 valence electrons. The van der Waals surface area contributed by atoms with E-state index in [-0.39, 0.29) is 0 Å². The van der Waals surface area contributed by atoms with Gasteiger partial charge in [0.1, 0.15) is 0 Å². The summed E-state index contributed by atoms with van der Waals surface area (Å²) < 4.78 is 0. The monoisotopic (exact) mass is 209 g/mol. The minimum Gasteiger partial charge on any atom is -0.0811 e. The highest BCUT2D eigenvalue weighted by molar-refractivity contribution is 4.73. The first-order valence-corrected chi connectivity index (χ1v) is 6.96. The topological polar surface area (TPSA) is 0 Å². The minimum absolute atomic E-state index is 1.18. The fourth-order valence-electron chi connectivity index (χ4n) is 1.71. The van der Waals surface area contributed by atoms with E-state index in [1.54, 1.807) is 0 Å². The third-order valence-electron chi connectivity index (χ3n) is 2.77. The average molecular weight is 209 g/mol. The first kappa shape index (κ1) is 14.7. The maximum absolute atomic E-state index is 3.41. The van der Waals surface area contributed by atoms with E-state index < -0.39 is 0 Å². The molecule has 0 saturated heterocycles. The van der Waals surface area contributed by atoms with Gasteiger partial charge in [-0.05, 0) is 31.8 Å². The third-order valence-corrected chi connectivity index (χ3v) is 2.77. The molecule has 0 rings (SSSR count). The molecule has 0 aromatic rings. The molecule has 0 heteroatoms. The Morgan fingerprint density at radius 2 is 1.33 bits per heavy atom. The van der Waals surface area contributed by atoms with Crippen LogP contribution in [0.5, 0.6) is 0 Å². The lowest BCUT2D eigenvalue weighted by molar-refractivity contribution is 0.632. The maximum Gasteiger partial charge on any atom is -0.0279 e. The quantitative estimate of drug-likeness (QED) is 0.384. The van der Waals surface area contributed by atoms with E-state index in [2.05, 4.69) is 26.0 Å². The fourth-order valence-corrected chi connectivity index (χ4v) is 1.71. The van der Waals surface area contributed by atoms with Crippen molar-refractivity contribution in [2.24, 2.45) is 0 Å². The van der Waals surface area contributed by atoms with Gasteiger partial charge in [0, 0.05) is 0 Å². The van der Waals surface area contributed by atoms with E-state index >= 15 is 0 Å². The first-order valence-electron chi connectivity index (χ1n) is 6.96. The van der Waals surface area contributed by atoms with Crippen LogP contribution in [0.1, 0.15) is 84.5 Å². The molecule has 0 bridgehead atoms. The predicted octanol–water partition coefficient (Wildman–Crippen LogP) is 5.68. The van der Waals surface area contributed by atoms with Gasteiger partial charge in [-0.1, -0.05) is 64.9 Å². The molecule has 0 N–H and O–H groups in total. The molecule has 0 atom stereocenters. The molecule has 0 aromatic heterocycles. The van der Waals surface area contributed by atoms with Crippen molar-refractivity contribution in [1.82, 2.24) is 0 Å². The van der Waals surface area contributed by atoms with Crippen molar-refractivity contribution in [3.8, 4) is 0 Å². The fraction of sp³-hybridized carbons (Fsp3) is 0.867. The Morgan fingerprint density at radius 1 is 0.733 bits per heavy atom. The summed E-state index contributed by atoms with van der Waals surface area (Å²) in [5.74, 6) is 0. The van der Waals surface area contributed by atoms with Crippen molar-refractivity contribution in [2.75, 3.05) is 0 Å². The molecular weight excluding hydrogens is 180 g/mol. The number of unbranched alkanes of at least 4 members (excludes halogenated alkanes) is 9. The zero-order valence-electron chi connectivity index (χ0n) is 10.9. The number of hydrogen-bond donors (Lipinski definition) is 0. The van der Waals surface area contributed by atoms with Gasteiger partial charge in [0.2, 0.25) is 0 Å². The molecule has 0 aromatic carbocycles. The van der Waals surface area contributed by atoms with Crippen LogP contribution in [0.2, 0.25) is 0 Å². The Labute approximate surface area is 97.2 Å². The van der Waals surface area contributed by atoms with Crippen molar-refractivity contribution in [3.05, 3.63) is 12.2 Å². The summed E-state index contributed by atoms with van der Waals surface area (Å²) in [6, 6.07) is 0. The van der Waals surface area contributed by atoms with E-state index in [0.717, 1.165) is 0 Å². The van der Waals surface area contributed by atoms with Crippen molar-refractivity contribution < 1.29 is 0 Å². The SMILES string of the molecule is CCCCCCC=[C]CCCCCCC. The van der Waals surface area contributed by atoms with Crippen LogP contribution in [0.25, 0.3) is 0 Å². The second-order valence-corrected chi connectivity index (χ2v) is 4.42. The summed E-state index contributed by atoms with van der Waals surface area (Å²) >= 11 is 0. The molecule has 0 nitrogen and oxygen atoms in total. The standard InChI is InChI=1S/C15H29/c1-3-5-7-9-11-13-15-14-12-10-8-6-4-2/h13H,3-12,14H2,1-2H3. The van der Waals surface area contributed by atoms with Gasteiger partial charge >= 0.3 is 0 Å². The molecule has 0 fully saturated rings. The van der Waals surface area contributed by atoms with Crippen LogP contribution in [-0.2, 0) is 0 Å². The lowest BCUT2D eigenvalue weighted by Gasteiger charge is -1.96. The van der Waals surface area contributed by atoms with Crippen LogP contribution in [0.4, 0.5) is 0 Å². The van der Waals surface area contributed by atoms with Gasteiger partial charge in [0.25, 0.3) is 0 Å². The minimum atomic E-state index is 1.18. The van der Waals surface area contributed by atoms with Gasteiger partial charge in [-0.3, -0.25) is 0 Å². The van der Waals surface area contributed by atoms with Crippen molar-refractivity contribution in [1.29, 1.82) is 0 Å². The van der Waals surface area contributed by atoms with Crippen LogP contribution in [0.15, 0.2) is 6.08 Å². The lowest BCUT2D eigenvalue weighted by atomic mass is 10.1. The second kappa shape index (κ2) is 13.7. The first-order chi connectivity index (χ1) is 7.41. The Morgan fingerprint density at radius 3 is 2.00 bits per heavy atom. The molecule has 0 spiro atoms. The summed E-state index contributed by atoms with van der Waals surface area (Å²) in [6.45, 7) is 4.53. The molecule has 0 heterocycles. The summed E-state index contributed by atoms with van der Waals surface area (Å²) in [7, 11) is 0. The zero-order chi connectivity index (χ0) is 11.2. The molecule has 0 aliphatic carbocycles. The van der Waals surface area contributed by atoms with Crippen molar-refractivity contribution in [2.45, 2.75) is 84.5 Å². The van der Waals surface area contributed by atoms with Crippen LogP contribution >= 0.6 is 0 Å². The molecule has 0 unspecified atom stereocenters. The zero-order valence-corrected chi connectivity index (χ0v) is 10.9. The molecule has 0 saturated carbocycles. The Kier molecular flexibility index (Phi) is 13.5. The Hall–Kier alpha value is -0.260. The van der Waals surface area contributed by atoms with Gasteiger partial charge in [-0.15, -0.1) is 0 Å². The predicted molar refractivity (Wildman–Crippen MR) is 69.9 cm³/mol.